The van der Waals surface area contributed by atoms with Gasteiger partial charge in [-0.25, -0.2) is 0 Å². The van der Waals surface area contributed by atoms with Crippen LogP contribution in [0.25, 0.3) is 0 Å². The van der Waals surface area contributed by atoms with E-state index in [-0.39, 0.29) is 11.6 Å². The lowest BCUT2D eigenvalue weighted by molar-refractivity contribution is -0.0549. The fourth-order valence-electron chi connectivity index (χ4n) is 2.52. The summed E-state index contributed by atoms with van der Waals surface area (Å²) in [6.45, 7) is 10.2. The van der Waals surface area contributed by atoms with Gasteiger partial charge in [0, 0.05) is 22.7 Å². The quantitative estimate of drug-likeness (QED) is 0.678. The van der Waals surface area contributed by atoms with Crippen molar-refractivity contribution in [3.05, 3.63) is 33.8 Å². The van der Waals surface area contributed by atoms with Gasteiger partial charge in [-0.1, -0.05) is 37.0 Å². The standard InChI is InChI=1S/C17H27Cl2NO/c1-5-10-20-16(17(4,6-2)21-7-3)12-13-11-14(18)8-9-15(13)19/h8-9,11,16,20H,5-7,10,12H2,1-4H3. The second-order valence-electron chi connectivity index (χ2n) is 5.55. The second kappa shape index (κ2) is 8.99. The summed E-state index contributed by atoms with van der Waals surface area (Å²) >= 11 is 12.4. The smallest absolute Gasteiger partial charge is 0.0807 e. The van der Waals surface area contributed by atoms with E-state index >= 15 is 0 Å². The molecule has 0 radical (unpaired) electrons. The van der Waals surface area contributed by atoms with E-state index in [4.69, 9.17) is 27.9 Å². The van der Waals surface area contributed by atoms with Crippen molar-refractivity contribution in [2.24, 2.45) is 0 Å². The molecular weight excluding hydrogens is 305 g/mol. The van der Waals surface area contributed by atoms with E-state index in [9.17, 15) is 0 Å². The molecule has 2 nitrogen and oxygen atoms in total. The van der Waals surface area contributed by atoms with E-state index in [0.717, 1.165) is 41.4 Å². The number of hydrogen-bond acceptors (Lipinski definition) is 2. The third-order valence-corrected chi connectivity index (χ3v) is 4.59. The van der Waals surface area contributed by atoms with E-state index < -0.39 is 0 Å². The van der Waals surface area contributed by atoms with Crippen molar-refractivity contribution in [3.8, 4) is 0 Å². The van der Waals surface area contributed by atoms with Crippen LogP contribution in [-0.2, 0) is 11.2 Å². The van der Waals surface area contributed by atoms with Crippen molar-refractivity contribution < 1.29 is 4.74 Å². The highest BCUT2D eigenvalue weighted by molar-refractivity contribution is 6.33. The summed E-state index contributed by atoms with van der Waals surface area (Å²) < 4.78 is 6.04. The highest BCUT2D eigenvalue weighted by atomic mass is 35.5. The van der Waals surface area contributed by atoms with Crippen LogP contribution in [0.4, 0.5) is 0 Å². The molecule has 1 aromatic rings. The zero-order valence-electron chi connectivity index (χ0n) is 13.5. The Morgan fingerprint density at radius 3 is 2.52 bits per heavy atom. The Morgan fingerprint density at radius 2 is 1.95 bits per heavy atom. The first-order chi connectivity index (χ1) is 9.96. The summed E-state index contributed by atoms with van der Waals surface area (Å²) in [7, 11) is 0. The molecule has 2 unspecified atom stereocenters. The van der Waals surface area contributed by atoms with Gasteiger partial charge in [0.2, 0.25) is 0 Å². The Kier molecular flexibility index (Phi) is 8.04. The van der Waals surface area contributed by atoms with Crippen molar-refractivity contribution in [1.29, 1.82) is 0 Å². The van der Waals surface area contributed by atoms with Crippen LogP contribution in [-0.4, -0.2) is 24.8 Å². The molecule has 4 heteroatoms. The van der Waals surface area contributed by atoms with Crippen LogP contribution in [0.1, 0.15) is 46.1 Å². The molecule has 1 N–H and O–H groups in total. The lowest BCUT2D eigenvalue weighted by atomic mass is 9.88. The van der Waals surface area contributed by atoms with Gasteiger partial charge in [-0.2, -0.15) is 0 Å². The summed E-state index contributed by atoms with van der Waals surface area (Å²) in [5, 5.41) is 5.10. The van der Waals surface area contributed by atoms with Gasteiger partial charge in [-0.05, 0) is 63.4 Å². The Morgan fingerprint density at radius 1 is 1.24 bits per heavy atom. The summed E-state index contributed by atoms with van der Waals surface area (Å²) in [4.78, 5) is 0. The average Bonchev–Trinajstić information content (AvgIpc) is 2.47. The zero-order valence-corrected chi connectivity index (χ0v) is 15.0. The van der Waals surface area contributed by atoms with Crippen LogP contribution in [0.15, 0.2) is 18.2 Å². The summed E-state index contributed by atoms with van der Waals surface area (Å²) in [6, 6.07) is 5.84. The van der Waals surface area contributed by atoms with Crippen molar-refractivity contribution in [3.63, 3.8) is 0 Å². The second-order valence-corrected chi connectivity index (χ2v) is 6.39. The molecule has 1 aromatic carbocycles. The SMILES string of the molecule is CCCNC(Cc1cc(Cl)ccc1Cl)C(C)(CC)OCC. The number of hydrogen-bond donors (Lipinski definition) is 1. The van der Waals surface area contributed by atoms with Crippen LogP contribution in [0.5, 0.6) is 0 Å². The van der Waals surface area contributed by atoms with Crippen molar-refractivity contribution in [1.82, 2.24) is 5.32 Å². The largest absolute Gasteiger partial charge is 0.374 e. The van der Waals surface area contributed by atoms with Crippen LogP contribution in [0.2, 0.25) is 10.0 Å². The average molecular weight is 332 g/mol. The maximum atomic E-state index is 6.32. The topological polar surface area (TPSA) is 21.3 Å². The van der Waals surface area contributed by atoms with Crippen LogP contribution in [0.3, 0.4) is 0 Å². The highest BCUT2D eigenvalue weighted by Gasteiger charge is 2.33. The number of halogens is 2. The highest BCUT2D eigenvalue weighted by Crippen LogP contribution is 2.27. The third kappa shape index (κ3) is 5.45. The molecule has 1 rings (SSSR count). The molecule has 0 saturated carbocycles. The molecule has 0 fully saturated rings. The van der Waals surface area contributed by atoms with E-state index in [0.29, 0.717) is 6.61 Å². The first-order valence-corrected chi connectivity index (χ1v) is 8.53. The van der Waals surface area contributed by atoms with Crippen molar-refractivity contribution in [2.45, 2.75) is 58.6 Å². The van der Waals surface area contributed by atoms with E-state index in [1.165, 1.54) is 0 Å². The van der Waals surface area contributed by atoms with Gasteiger partial charge in [-0.3, -0.25) is 0 Å². The molecule has 0 heterocycles. The molecule has 0 bridgehead atoms. The molecule has 0 saturated heterocycles. The van der Waals surface area contributed by atoms with Gasteiger partial charge in [0.1, 0.15) is 0 Å². The summed E-state index contributed by atoms with van der Waals surface area (Å²) in [5.74, 6) is 0. The van der Waals surface area contributed by atoms with Gasteiger partial charge in [-0.15, -0.1) is 0 Å². The number of rotatable bonds is 9. The number of nitrogens with one attached hydrogen (secondary N) is 1. The zero-order chi connectivity index (χ0) is 15.9. The minimum atomic E-state index is -0.213. The summed E-state index contributed by atoms with van der Waals surface area (Å²) in [6.07, 6.45) is 2.84. The van der Waals surface area contributed by atoms with E-state index in [2.05, 4.69) is 26.1 Å². The van der Waals surface area contributed by atoms with Crippen LogP contribution >= 0.6 is 23.2 Å². The van der Waals surface area contributed by atoms with E-state index in [1.54, 1.807) is 0 Å². The predicted molar refractivity (Wildman–Crippen MR) is 92.6 cm³/mol. The maximum Gasteiger partial charge on any atom is 0.0807 e. The maximum absolute atomic E-state index is 6.32. The van der Waals surface area contributed by atoms with Gasteiger partial charge in [0.15, 0.2) is 0 Å². The Balaban J connectivity index is 2.98. The summed E-state index contributed by atoms with van der Waals surface area (Å²) in [5.41, 5.74) is 0.854. The molecule has 0 spiro atoms. The molecular formula is C17H27Cl2NO. The minimum absolute atomic E-state index is 0.207. The fourth-order valence-corrected chi connectivity index (χ4v) is 2.91. The number of benzene rings is 1. The van der Waals surface area contributed by atoms with Crippen molar-refractivity contribution in [2.75, 3.05) is 13.2 Å². The molecule has 2 atom stereocenters. The van der Waals surface area contributed by atoms with Gasteiger partial charge >= 0.3 is 0 Å². The third-order valence-electron chi connectivity index (χ3n) is 3.99. The molecule has 0 aliphatic rings. The van der Waals surface area contributed by atoms with Crippen LogP contribution in [0, 0.1) is 0 Å². The molecule has 0 amide bonds. The van der Waals surface area contributed by atoms with Gasteiger partial charge in [0.05, 0.1) is 5.60 Å². The predicted octanol–water partition coefficient (Wildman–Crippen LogP) is 5.11. The van der Waals surface area contributed by atoms with E-state index in [1.807, 2.05) is 25.1 Å². The monoisotopic (exact) mass is 331 g/mol. The lowest BCUT2D eigenvalue weighted by Gasteiger charge is -2.38. The van der Waals surface area contributed by atoms with Gasteiger partial charge < -0.3 is 10.1 Å². The Hall–Kier alpha value is -0.280. The molecule has 0 aromatic heterocycles. The van der Waals surface area contributed by atoms with Gasteiger partial charge in [0.25, 0.3) is 0 Å². The molecule has 0 aliphatic heterocycles. The molecule has 21 heavy (non-hydrogen) atoms. The van der Waals surface area contributed by atoms with Crippen molar-refractivity contribution >= 4 is 23.2 Å². The molecule has 0 aliphatic carbocycles. The molecule has 120 valence electrons. The minimum Gasteiger partial charge on any atom is -0.374 e. The number of ether oxygens (including phenoxy) is 1. The normalized spacial score (nSPS) is 15.7. The first-order valence-electron chi connectivity index (χ1n) is 7.78. The lowest BCUT2D eigenvalue weighted by Crippen LogP contribution is -2.52. The first kappa shape index (κ1) is 18.8. The fraction of sp³-hybridized carbons (Fsp3) is 0.647. The Bertz CT molecular complexity index is 439. The van der Waals surface area contributed by atoms with Crippen LogP contribution < -0.4 is 5.32 Å². The Labute approximate surface area is 139 Å².